The molecule has 0 radical (unpaired) electrons. The molecule has 7 heteroatoms. The van der Waals surface area contributed by atoms with E-state index in [-0.39, 0.29) is 6.03 Å². The monoisotopic (exact) mass is 453 g/mol. The molecule has 2 amide bonds. The smallest absolute Gasteiger partial charge is 0.319 e. The number of benzene rings is 1. The summed E-state index contributed by atoms with van der Waals surface area (Å²) in [5.41, 5.74) is 5.90. The summed E-state index contributed by atoms with van der Waals surface area (Å²) in [6, 6.07) is 6.65. The Morgan fingerprint density at radius 1 is 1.12 bits per heavy atom. The Kier molecular flexibility index (Phi) is 8.30. The van der Waals surface area contributed by atoms with E-state index in [2.05, 4.69) is 50.8 Å². The Hall–Kier alpha value is -2.67. The summed E-state index contributed by atoms with van der Waals surface area (Å²) in [6.45, 7) is 12.0. The van der Waals surface area contributed by atoms with Crippen LogP contribution in [0.25, 0.3) is 0 Å². The van der Waals surface area contributed by atoms with Gasteiger partial charge in [0.2, 0.25) is 0 Å². The lowest BCUT2D eigenvalue weighted by Crippen LogP contribution is -2.52. The molecule has 0 aliphatic carbocycles. The first-order valence-corrected chi connectivity index (χ1v) is 11.8. The van der Waals surface area contributed by atoms with Crippen LogP contribution >= 0.6 is 0 Å². The summed E-state index contributed by atoms with van der Waals surface area (Å²) in [6.07, 6.45) is 1.59. The van der Waals surface area contributed by atoms with Crippen molar-refractivity contribution >= 4 is 11.8 Å². The number of methoxy groups -OCH3 is 1. The standard InChI is InChI=1S/C26H39N5O2/c1-18(2)14-24-27-23(17-33-7)22(16-21-15-19(3)8-9-20(21)4)25(28-24)30-10-12-31(13-11-30)26(32)29(5)6/h8-9,15,18H,10-14,16-17H2,1-7H3. The number of ether oxygens (including phenoxy) is 1. The predicted octanol–water partition coefficient (Wildman–Crippen LogP) is 3.83. The molecule has 1 aliphatic rings. The summed E-state index contributed by atoms with van der Waals surface area (Å²) in [4.78, 5) is 28.3. The summed E-state index contributed by atoms with van der Waals surface area (Å²) >= 11 is 0. The van der Waals surface area contributed by atoms with Gasteiger partial charge in [0.05, 0.1) is 12.3 Å². The van der Waals surface area contributed by atoms with Crippen molar-refractivity contribution in [3.63, 3.8) is 0 Å². The first-order valence-electron chi connectivity index (χ1n) is 11.8. The van der Waals surface area contributed by atoms with Gasteiger partial charge in [0, 0.05) is 65.8 Å². The number of nitrogens with zero attached hydrogens (tertiary/aromatic N) is 5. The highest BCUT2D eigenvalue weighted by molar-refractivity contribution is 5.74. The normalized spacial score (nSPS) is 14.2. The quantitative estimate of drug-likeness (QED) is 0.638. The zero-order valence-corrected chi connectivity index (χ0v) is 21.3. The van der Waals surface area contributed by atoms with Gasteiger partial charge in [0.25, 0.3) is 0 Å². The third-order valence-electron chi connectivity index (χ3n) is 6.09. The molecule has 3 rings (SSSR count). The third kappa shape index (κ3) is 6.22. The van der Waals surface area contributed by atoms with E-state index in [1.165, 1.54) is 16.7 Å². The number of aromatic nitrogens is 2. The number of piperazine rings is 1. The molecule has 0 spiro atoms. The Morgan fingerprint density at radius 3 is 2.42 bits per heavy atom. The Labute approximate surface area is 198 Å². The van der Waals surface area contributed by atoms with Crippen LogP contribution in [-0.4, -0.2) is 73.2 Å². The summed E-state index contributed by atoms with van der Waals surface area (Å²) in [5.74, 6) is 2.32. The van der Waals surface area contributed by atoms with Crippen LogP contribution in [0.15, 0.2) is 18.2 Å². The number of hydrogen-bond donors (Lipinski definition) is 0. The van der Waals surface area contributed by atoms with Crippen molar-refractivity contribution in [3.8, 4) is 0 Å². The molecule has 2 aromatic rings. The zero-order chi connectivity index (χ0) is 24.1. The largest absolute Gasteiger partial charge is 0.378 e. The highest BCUT2D eigenvalue weighted by atomic mass is 16.5. The van der Waals surface area contributed by atoms with Crippen LogP contribution in [0, 0.1) is 19.8 Å². The van der Waals surface area contributed by atoms with Crippen molar-refractivity contribution < 1.29 is 9.53 Å². The highest BCUT2D eigenvalue weighted by Gasteiger charge is 2.26. The van der Waals surface area contributed by atoms with Gasteiger partial charge >= 0.3 is 6.03 Å². The maximum Gasteiger partial charge on any atom is 0.319 e. The molecule has 7 nitrogen and oxygen atoms in total. The van der Waals surface area contributed by atoms with Gasteiger partial charge in [-0.1, -0.05) is 37.6 Å². The number of urea groups is 1. The number of carbonyl (C=O) groups is 1. The lowest BCUT2D eigenvalue weighted by atomic mass is 9.97. The maximum atomic E-state index is 12.4. The second-order valence-corrected chi connectivity index (χ2v) is 9.68. The second kappa shape index (κ2) is 11.0. The number of aryl methyl sites for hydroxylation is 2. The van der Waals surface area contributed by atoms with E-state index in [4.69, 9.17) is 14.7 Å². The van der Waals surface area contributed by atoms with Crippen LogP contribution < -0.4 is 4.90 Å². The fourth-order valence-electron chi connectivity index (χ4n) is 4.30. The molecule has 1 saturated heterocycles. The van der Waals surface area contributed by atoms with Crippen molar-refractivity contribution in [2.45, 2.75) is 47.1 Å². The van der Waals surface area contributed by atoms with Crippen LogP contribution in [-0.2, 0) is 24.2 Å². The maximum absolute atomic E-state index is 12.4. The number of hydrogen-bond acceptors (Lipinski definition) is 5. The number of anilines is 1. The van der Waals surface area contributed by atoms with Gasteiger partial charge in [-0.05, 0) is 30.9 Å². The minimum absolute atomic E-state index is 0.0634. The molecule has 1 fully saturated rings. The molecule has 1 aromatic heterocycles. The lowest BCUT2D eigenvalue weighted by molar-refractivity contribution is 0.167. The first-order chi connectivity index (χ1) is 15.7. The van der Waals surface area contributed by atoms with Crippen molar-refractivity contribution in [3.05, 3.63) is 52.0 Å². The van der Waals surface area contributed by atoms with Crippen molar-refractivity contribution in [1.29, 1.82) is 0 Å². The summed E-state index contributed by atoms with van der Waals surface area (Å²) < 4.78 is 5.57. The lowest BCUT2D eigenvalue weighted by Gasteiger charge is -2.37. The van der Waals surface area contributed by atoms with Crippen molar-refractivity contribution in [2.24, 2.45) is 5.92 Å². The molecule has 0 saturated carbocycles. The van der Waals surface area contributed by atoms with Crippen LogP contribution in [0.4, 0.5) is 10.6 Å². The van der Waals surface area contributed by atoms with Gasteiger partial charge in [0.1, 0.15) is 11.6 Å². The van der Waals surface area contributed by atoms with E-state index in [0.717, 1.165) is 48.8 Å². The molecule has 0 bridgehead atoms. The van der Waals surface area contributed by atoms with Gasteiger partial charge in [0.15, 0.2) is 0 Å². The third-order valence-corrected chi connectivity index (χ3v) is 6.09. The predicted molar refractivity (Wildman–Crippen MR) is 133 cm³/mol. The average molecular weight is 454 g/mol. The molecule has 2 heterocycles. The van der Waals surface area contributed by atoms with Crippen LogP contribution in [0.3, 0.4) is 0 Å². The SMILES string of the molecule is COCc1nc(CC(C)C)nc(N2CCN(C(=O)N(C)C)CC2)c1Cc1cc(C)ccc1C. The van der Waals surface area contributed by atoms with Crippen molar-refractivity contribution in [1.82, 2.24) is 19.8 Å². The fraction of sp³-hybridized carbons (Fsp3) is 0.577. The highest BCUT2D eigenvalue weighted by Crippen LogP contribution is 2.28. The molecular weight excluding hydrogens is 414 g/mol. The Balaban J connectivity index is 2.01. The number of amides is 2. The molecule has 1 aliphatic heterocycles. The molecule has 1 aromatic carbocycles. The minimum Gasteiger partial charge on any atom is -0.378 e. The van der Waals surface area contributed by atoms with E-state index in [9.17, 15) is 4.79 Å². The second-order valence-electron chi connectivity index (χ2n) is 9.68. The summed E-state index contributed by atoms with van der Waals surface area (Å²) in [5, 5.41) is 0. The van der Waals surface area contributed by atoms with Gasteiger partial charge in [-0.25, -0.2) is 14.8 Å². The number of carbonyl (C=O) groups excluding carboxylic acids is 1. The Morgan fingerprint density at radius 2 is 1.82 bits per heavy atom. The molecule has 0 unspecified atom stereocenters. The summed E-state index contributed by atoms with van der Waals surface area (Å²) in [7, 11) is 5.32. The molecule has 33 heavy (non-hydrogen) atoms. The van der Waals surface area contributed by atoms with Gasteiger partial charge < -0.3 is 19.4 Å². The number of rotatable bonds is 7. The van der Waals surface area contributed by atoms with Gasteiger partial charge in [-0.3, -0.25) is 0 Å². The van der Waals surface area contributed by atoms with E-state index in [1.54, 1.807) is 26.1 Å². The fourth-order valence-corrected chi connectivity index (χ4v) is 4.30. The molecule has 0 N–H and O–H groups in total. The van der Waals surface area contributed by atoms with Crippen LogP contribution in [0.1, 0.15) is 47.6 Å². The first kappa shape index (κ1) is 25.0. The molecule has 180 valence electrons. The minimum atomic E-state index is 0.0634. The van der Waals surface area contributed by atoms with Gasteiger partial charge in [-0.2, -0.15) is 0 Å². The van der Waals surface area contributed by atoms with E-state index >= 15 is 0 Å². The zero-order valence-electron chi connectivity index (χ0n) is 21.3. The van der Waals surface area contributed by atoms with E-state index in [1.807, 2.05) is 4.90 Å². The van der Waals surface area contributed by atoms with Crippen LogP contribution in [0.5, 0.6) is 0 Å². The molecular formula is C26H39N5O2. The molecule has 0 atom stereocenters. The van der Waals surface area contributed by atoms with Gasteiger partial charge in [-0.15, -0.1) is 0 Å². The van der Waals surface area contributed by atoms with E-state index < -0.39 is 0 Å². The van der Waals surface area contributed by atoms with Crippen molar-refractivity contribution in [2.75, 3.05) is 52.3 Å². The topological polar surface area (TPSA) is 61.8 Å². The average Bonchev–Trinajstić information content (AvgIpc) is 2.77. The Bertz CT molecular complexity index is 965. The van der Waals surface area contributed by atoms with Crippen LogP contribution in [0.2, 0.25) is 0 Å². The van der Waals surface area contributed by atoms with E-state index in [0.29, 0.717) is 25.6 Å².